The van der Waals surface area contributed by atoms with E-state index in [-0.39, 0.29) is 17.7 Å². The maximum absolute atomic E-state index is 14.0. The van der Waals surface area contributed by atoms with Crippen LogP contribution in [0.15, 0.2) is 18.3 Å². The van der Waals surface area contributed by atoms with Gasteiger partial charge < -0.3 is 24.1 Å². The maximum atomic E-state index is 14.0. The third-order valence-electron chi connectivity index (χ3n) is 4.61. The van der Waals surface area contributed by atoms with Crippen molar-refractivity contribution in [1.29, 1.82) is 0 Å². The smallest absolute Gasteiger partial charge is 0.250 e. The molecule has 0 aromatic carbocycles. The van der Waals surface area contributed by atoms with Gasteiger partial charge in [0.25, 0.3) is 0 Å². The summed E-state index contributed by atoms with van der Waals surface area (Å²) in [5, 5.41) is 10.4. The molecule has 158 valence electrons. The molecule has 0 bridgehead atoms. The van der Waals surface area contributed by atoms with E-state index in [4.69, 9.17) is 18.9 Å². The Balaban J connectivity index is 1.68. The predicted molar refractivity (Wildman–Crippen MR) is 104 cm³/mol. The largest absolute Gasteiger partial charge is 0.507 e. The molecule has 0 radical (unpaired) electrons. The minimum absolute atomic E-state index is 0.00516. The maximum Gasteiger partial charge on any atom is 0.250 e. The van der Waals surface area contributed by atoms with Gasteiger partial charge >= 0.3 is 0 Å². The van der Waals surface area contributed by atoms with Crippen molar-refractivity contribution >= 4 is 0 Å². The van der Waals surface area contributed by atoms with Gasteiger partial charge in [0.1, 0.15) is 18.5 Å². The number of hydrogen-bond donors (Lipinski definition) is 1. The number of halogens is 1. The van der Waals surface area contributed by atoms with Crippen LogP contribution in [0.2, 0.25) is 0 Å². The number of aromatic hydroxyl groups is 1. The monoisotopic (exact) mass is 406 g/mol. The number of aromatic nitrogens is 2. The molecule has 0 spiro atoms. The van der Waals surface area contributed by atoms with Gasteiger partial charge in [0.05, 0.1) is 32.1 Å². The van der Waals surface area contributed by atoms with E-state index in [9.17, 15) is 9.50 Å². The van der Waals surface area contributed by atoms with Gasteiger partial charge in [-0.25, -0.2) is 14.4 Å². The summed E-state index contributed by atoms with van der Waals surface area (Å²) in [7, 11) is 0. The molecule has 3 rings (SSSR count). The van der Waals surface area contributed by atoms with Gasteiger partial charge in [-0.1, -0.05) is 6.92 Å². The van der Waals surface area contributed by atoms with E-state index >= 15 is 0 Å². The Morgan fingerprint density at radius 2 is 2.07 bits per heavy atom. The third-order valence-corrected chi connectivity index (χ3v) is 4.61. The van der Waals surface area contributed by atoms with Crippen LogP contribution < -0.4 is 9.47 Å². The zero-order valence-electron chi connectivity index (χ0n) is 16.8. The van der Waals surface area contributed by atoms with Crippen LogP contribution in [0.3, 0.4) is 0 Å². The molecule has 7 nitrogen and oxygen atoms in total. The average Bonchev–Trinajstić information content (AvgIpc) is 2.73. The van der Waals surface area contributed by atoms with E-state index in [2.05, 4.69) is 9.97 Å². The van der Waals surface area contributed by atoms with E-state index in [0.29, 0.717) is 58.2 Å². The lowest BCUT2D eigenvalue weighted by Gasteiger charge is -2.23. The lowest BCUT2D eigenvalue weighted by molar-refractivity contribution is -0.102. The lowest BCUT2D eigenvalue weighted by Crippen LogP contribution is -2.33. The van der Waals surface area contributed by atoms with Gasteiger partial charge in [-0.3, -0.25) is 0 Å². The van der Waals surface area contributed by atoms with Gasteiger partial charge in [0, 0.05) is 17.8 Å². The number of pyridine rings is 2. The van der Waals surface area contributed by atoms with Crippen LogP contribution in [0.4, 0.5) is 4.39 Å². The second kappa shape index (κ2) is 10.4. The second-order valence-corrected chi connectivity index (χ2v) is 6.70. The highest BCUT2D eigenvalue weighted by atomic mass is 19.1. The molecule has 0 saturated carbocycles. The summed E-state index contributed by atoms with van der Waals surface area (Å²) in [6, 6.07) is 2.94. The van der Waals surface area contributed by atoms with Crippen LogP contribution in [0.1, 0.15) is 30.7 Å². The summed E-state index contributed by atoms with van der Waals surface area (Å²) in [6.45, 7) is 5.99. The lowest BCUT2D eigenvalue weighted by atomic mass is 10.0. The molecular weight excluding hydrogens is 379 g/mol. The van der Waals surface area contributed by atoms with Crippen molar-refractivity contribution in [3.63, 3.8) is 0 Å². The molecule has 1 atom stereocenters. The normalized spacial score (nSPS) is 16.6. The molecule has 3 heterocycles. The Morgan fingerprint density at radius 3 is 2.76 bits per heavy atom. The van der Waals surface area contributed by atoms with Gasteiger partial charge in [-0.2, -0.15) is 0 Å². The van der Waals surface area contributed by atoms with Crippen LogP contribution in [0.25, 0.3) is 0 Å². The summed E-state index contributed by atoms with van der Waals surface area (Å²) >= 11 is 0. The zero-order chi connectivity index (χ0) is 20.6. The van der Waals surface area contributed by atoms with Gasteiger partial charge in [0.2, 0.25) is 11.8 Å². The van der Waals surface area contributed by atoms with Crippen LogP contribution in [-0.4, -0.2) is 54.2 Å². The van der Waals surface area contributed by atoms with Crippen molar-refractivity contribution < 1.29 is 28.4 Å². The fraction of sp³-hybridized carbons (Fsp3) is 0.524. The molecular formula is C21H27FN2O5. The van der Waals surface area contributed by atoms with Crippen LogP contribution in [0, 0.1) is 5.82 Å². The van der Waals surface area contributed by atoms with Crippen molar-refractivity contribution in [2.45, 2.75) is 39.2 Å². The minimum atomic E-state index is -0.484. The Labute approximate surface area is 169 Å². The standard InChI is InChI=1S/C21H27FN2O5/c1-3-16-18(6-5-14-9-17(22)21(23-11-14)27-4-2)24-20(10-19(16)25)29-13-15-12-26-7-8-28-15/h9-11,15H,3-8,12-13H2,1-2H3,(H,24,25). The molecule has 1 aliphatic heterocycles. The third kappa shape index (κ3) is 5.77. The summed E-state index contributed by atoms with van der Waals surface area (Å²) in [5.74, 6) is -0.00239. The average molecular weight is 406 g/mol. The first kappa shape index (κ1) is 21.3. The molecule has 1 saturated heterocycles. The first-order chi connectivity index (χ1) is 14.1. The van der Waals surface area contributed by atoms with Crippen molar-refractivity contribution in [3.05, 3.63) is 41.0 Å². The minimum Gasteiger partial charge on any atom is -0.507 e. The van der Waals surface area contributed by atoms with Crippen LogP contribution >= 0.6 is 0 Å². The summed E-state index contributed by atoms with van der Waals surface area (Å²) in [4.78, 5) is 8.58. The number of nitrogens with zero attached hydrogens (tertiary/aromatic N) is 2. The van der Waals surface area contributed by atoms with E-state index in [1.54, 1.807) is 13.1 Å². The Bertz CT molecular complexity index is 812. The molecule has 8 heteroatoms. The molecule has 0 aliphatic carbocycles. The van der Waals surface area contributed by atoms with Crippen LogP contribution in [0.5, 0.6) is 17.5 Å². The van der Waals surface area contributed by atoms with E-state index in [1.807, 2.05) is 6.92 Å². The van der Waals surface area contributed by atoms with Crippen molar-refractivity contribution in [1.82, 2.24) is 9.97 Å². The Hall–Kier alpha value is -2.45. The number of ether oxygens (including phenoxy) is 4. The predicted octanol–water partition coefficient (Wildman–Crippen LogP) is 2.86. The van der Waals surface area contributed by atoms with E-state index in [0.717, 1.165) is 16.8 Å². The molecule has 0 amide bonds. The van der Waals surface area contributed by atoms with Crippen molar-refractivity contribution in [3.8, 4) is 17.5 Å². The van der Waals surface area contributed by atoms with Crippen molar-refractivity contribution in [2.75, 3.05) is 33.0 Å². The summed E-state index contributed by atoms with van der Waals surface area (Å²) in [6.07, 6.45) is 3.12. The molecule has 1 N–H and O–H groups in total. The molecule has 1 unspecified atom stereocenters. The zero-order valence-corrected chi connectivity index (χ0v) is 16.8. The van der Waals surface area contributed by atoms with Crippen LogP contribution in [-0.2, 0) is 28.7 Å². The molecule has 29 heavy (non-hydrogen) atoms. The van der Waals surface area contributed by atoms with E-state index in [1.165, 1.54) is 12.1 Å². The number of rotatable bonds is 9. The van der Waals surface area contributed by atoms with E-state index < -0.39 is 5.82 Å². The number of hydrogen-bond acceptors (Lipinski definition) is 7. The second-order valence-electron chi connectivity index (χ2n) is 6.70. The summed E-state index contributed by atoms with van der Waals surface area (Å²) in [5.41, 5.74) is 2.21. The highest BCUT2D eigenvalue weighted by molar-refractivity contribution is 5.40. The van der Waals surface area contributed by atoms with Gasteiger partial charge in [0.15, 0.2) is 5.82 Å². The molecule has 2 aromatic rings. The highest BCUT2D eigenvalue weighted by Crippen LogP contribution is 2.27. The summed E-state index contributed by atoms with van der Waals surface area (Å²) < 4.78 is 35.8. The Morgan fingerprint density at radius 1 is 1.21 bits per heavy atom. The molecule has 1 aliphatic rings. The SMILES string of the molecule is CCOc1ncc(CCc2nc(OCC3COCCO3)cc(O)c2CC)cc1F. The quantitative estimate of drug-likeness (QED) is 0.686. The van der Waals surface area contributed by atoms with Gasteiger partial charge in [-0.15, -0.1) is 0 Å². The van der Waals surface area contributed by atoms with Crippen molar-refractivity contribution in [2.24, 2.45) is 0 Å². The fourth-order valence-electron chi connectivity index (χ4n) is 3.17. The van der Waals surface area contributed by atoms with Gasteiger partial charge in [-0.05, 0) is 37.8 Å². The number of aryl methyl sites for hydroxylation is 2. The first-order valence-corrected chi connectivity index (χ1v) is 9.91. The Kier molecular flexibility index (Phi) is 7.60. The molecule has 1 fully saturated rings. The first-order valence-electron chi connectivity index (χ1n) is 9.91. The topological polar surface area (TPSA) is 82.9 Å². The highest BCUT2D eigenvalue weighted by Gasteiger charge is 2.17. The fourth-order valence-corrected chi connectivity index (χ4v) is 3.17. The molecule has 2 aromatic heterocycles.